The molecule has 4 saturated carbocycles. The lowest BCUT2D eigenvalue weighted by atomic mass is 9.45. The van der Waals surface area contributed by atoms with E-state index >= 15 is 0 Å². The fourth-order valence-corrected chi connectivity index (χ4v) is 7.08. The van der Waals surface area contributed by atoms with Crippen LogP contribution in [0.4, 0.5) is 0 Å². The van der Waals surface area contributed by atoms with Gasteiger partial charge >= 0.3 is 0 Å². The van der Waals surface area contributed by atoms with Crippen molar-refractivity contribution >= 4 is 5.71 Å². The van der Waals surface area contributed by atoms with Gasteiger partial charge in [0.2, 0.25) is 0 Å². The standard InChI is InChI=1S/C19H31NO/c1-18-9-5-7-14(18)17-15(8-11-18)19(2)10-4-3-6-13(19)12-16(17)20-21/h13-15,17,21H,3-12H2,1-2H3/b20-16+/t13?,14-,15-,17-,18-,19-/m0/s1. The maximum atomic E-state index is 9.70. The van der Waals surface area contributed by atoms with Gasteiger partial charge < -0.3 is 5.21 Å². The van der Waals surface area contributed by atoms with Gasteiger partial charge in [0, 0.05) is 5.92 Å². The molecule has 0 saturated heterocycles. The Labute approximate surface area is 129 Å². The van der Waals surface area contributed by atoms with Gasteiger partial charge in [0.15, 0.2) is 0 Å². The molecule has 1 unspecified atom stereocenters. The Hall–Kier alpha value is -0.530. The summed E-state index contributed by atoms with van der Waals surface area (Å²) in [5.41, 5.74) is 2.25. The molecule has 6 atom stereocenters. The van der Waals surface area contributed by atoms with Crippen molar-refractivity contribution in [2.24, 2.45) is 39.7 Å². The lowest BCUT2D eigenvalue weighted by Gasteiger charge is -2.59. The van der Waals surface area contributed by atoms with Crippen molar-refractivity contribution in [3.05, 3.63) is 0 Å². The van der Waals surface area contributed by atoms with E-state index in [-0.39, 0.29) is 0 Å². The highest BCUT2D eigenvalue weighted by molar-refractivity contribution is 5.88. The largest absolute Gasteiger partial charge is 0.411 e. The predicted octanol–water partition coefficient (Wildman–Crippen LogP) is 5.25. The lowest BCUT2D eigenvalue weighted by molar-refractivity contribution is -0.0580. The molecule has 2 heteroatoms. The van der Waals surface area contributed by atoms with Crippen LogP contribution in [-0.4, -0.2) is 10.9 Å². The molecule has 0 amide bonds. The van der Waals surface area contributed by atoms with Crippen LogP contribution in [0, 0.1) is 34.5 Å². The molecular formula is C19H31NO. The Kier molecular flexibility index (Phi) is 3.17. The average molecular weight is 289 g/mol. The second kappa shape index (κ2) is 4.73. The summed E-state index contributed by atoms with van der Waals surface area (Å²) in [5.74, 6) is 2.96. The highest BCUT2D eigenvalue weighted by atomic mass is 16.4. The van der Waals surface area contributed by atoms with Crippen LogP contribution in [0.15, 0.2) is 5.16 Å². The van der Waals surface area contributed by atoms with Crippen LogP contribution in [0.2, 0.25) is 0 Å². The van der Waals surface area contributed by atoms with Crippen molar-refractivity contribution in [1.82, 2.24) is 0 Å². The fraction of sp³-hybridized carbons (Fsp3) is 0.947. The molecule has 4 fully saturated rings. The molecular weight excluding hydrogens is 258 g/mol. The van der Waals surface area contributed by atoms with Gasteiger partial charge in [0.05, 0.1) is 5.71 Å². The first-order valence-corrected chi connectivity index (χ1v) is 9.29. The van der Waals surface area contributed by atoms with Gasteiger partial charge in [0.25, 0.3) is 0 Å². The van der Waals surface area contributed by atoms with Gasteiger partial charge in [-0.1, -0.05) is 38.3 Å². The smallest absolute Gasteiger partial charge is 0.0610 e. The minimum Gasteiger partial charge on any atom is -0.411 e. The maximum Gasteiger partial charge on any atom is 0.0610 e. The normalized spacial score (nSPS) is 54.9. The minimum atomic E-state index is 0.529. The van der Waals surface area contributed by atoms with E-state index in [1.807, 2.05) is 0 Å². The van der Waals surface area contributed by atoms with Crippen LogP contribution < -0.4 is 0 Å². The lowest BCUT2D eigenvalue weighted by Crippen LogP contribution is -2.55. The summed E-state index contributed by atoms with van der Waals surface area (Å²) < 4.78 is 0. The topological polar surface area (TPSA) is 32.6 Å². The molecule has 0 aromatic carbocycles. The van der Waals surface area contributed by atoms with E-state index in [1.165, 1.54) is 63.5 Å². The summed E-state index contributed by atoms with van der Waals surface area (Å²) in [6.07, 6.45) is 13.6. The van der Waals surface area contributed by atoms with Gasteiger partial charge in [-0.25, -0.2) is 0 Å². The molecule has 0 heterocycles. The first kappa shape index (κ1) is 14.1. The molecule has 4 rings (SSSR count). The molecule has 0 radical (unpaired) electrons. The van der Waals surface area contributed by atoms with Crippen LogP contribution in [0.5, 0.6) is 0 Å². The predicted molar refractivity (Wildman–Crippen MR) is 85.6 cm³/mol. The van der Waals surface area contributed by atoms with Gasteiger partial charge in [-0.15, -0.1) is 0 Å². The first-order chi connectivity index (χ1) is 10.1. The Morgan fingerprint density at radius 1 is 0.952 bits per heavy atom. The van der Waals surface area contributed by atoms with Crippen molar-refractivity contribution in [3.63, 3.8) is 0 Å². The van der Waals surface area contributed by atoms with Crippen LogP contribution in [0.25, 0.3) is 0 Å². The number of hydrogen-bond donors (Lipinski definition) is 1. The molecule has 21 heavy (non-hydrogen) atoms. The van der Waals surface area contributed by atoms with E-state index in [1.54, 1.807) is 0 Å². The van der Waals surface area contributed by atoms with Crippen LogP contribution in [0.3, 0.4) is 0 Å². The van der Waals surface area contributed by atoms with Crippen molar-refractivity contribution in [2.45, 2.75) is 78.1 Å². The summed E-state index contributed by atoms with van der Waals surface area (Å²) in [4.78, 5) is 0. The van der Waals surface area contributed by atoms with Crippen LogP contribution in [-0.2, 0) is 0 Å². The SMILES string of the molecule is C[C@@]12CCC[C@H]1[C@@H]1/C(=N/O)CC3CCCC[C@]3(C)[C@H]1CC2. The summed E-state index contributed by atoms with van der Waals surface area (Å²) in [6, 6.07) is 0. The van der Waals surface area contributed by atoms with Gasteiger partial charge in [-0.05, 0) is 73.5 Å². The summed E-state index contributed by atoms with van der Waals surface area (Å²) in [6.45, 7) is 5.10. The van der Waals surface area contributed by atoms with Crippen molar-refractivity contribution < 1.29 is 5.21 Å². The Morgan fingerprint density at radius 2 is 1.81 bits per heavy atom. The van der Waals surface area contributed by atoms with Gasteiger partial charge in [-0.2, -0.15) is 0 Å². The summed E-state index contributed by atoms with van der Waals surface area (Å²) >= 11 is 0. The summed E-state index contributed by atoms with van der Waals surface area (Å²) in [7, 11) is 0. The number of rotatable bonds is 0. The third kappa shape index (κ3) is 1.86. The molecule has 2 nitrogen and oxygen atoms in total. The Morgan fingerprint density at radius 3 is 2.62 bits per heavy atom. The van der Waals surface area contributed by atoms with Crippen molar-refractivity contribution in [1.29, 1.82) is 0 Å². The van der Waals surface area contributed by atoms with Crippen molar-refractivity contribution in [2.75, 3.05) is 0 Å². The molecule has 0 aliphatic heterocycles. The first-order valence-electron chi connectivity index (χ1n) is 9.29. The Balaban J connectivity index is 1.74. The van der Waals surface area contributed by atoms with E-state index in [4.69, 9.17) is 0 Å². The zero-order valence-electron chi connectivity index (χ0n) is 13.8. The molecule has 0 aromatic heterocycles. The molecule has 0 aromatic rings. The monoisotopic (exact) mass is 289 g/mol. The Bertz CT molecular complexity index is 458. The molecule has 0 bridgehead atoms. The van der Waals surface area contributed by atoms with E-state index in [2.05, 4.69) is 19.0 Å². The zero-order valence-corrected chi connectivity index (χ0v) is 13.8. The number of fused-ring (bicyclic) bond motifs is 5. The minimum absolute atomic E-state index is 0.529. The summed E-state index contributed by atoms with van der Waals surface area (Å²) in [5, 5.41) is 13.6. The van der Waals surface area contributed by atoms with Gasteiger partial charge in [0.1, 0.15) is 0 Å². The number of hydrogen-bond acceptors (Lipinski definition) is 2. The number of oxime groups is 1. The average Bonchev–Trinajstić information content (AvgIpc) is 2.87. The second-order valence-electron chi connectivity index (χ2n) is 9.07. The highest BCUT2D eigenvalue weighted by Crippen LogP contribution is 2.65. The van der Waals surface area contributed by atoms with Crippen molar-refractivity contribution in [3.8, 4) is 0 Å². The molecule has 118 valence electrons. The molecule has 0 spiro atoms. The van der Waals surface area contributed by atoms with E-state index in [9.17, 15) is 5.21 Å². The quantitative estimate of drug-likeness (QED) is 0.479. The maximum absolute atomic E-state index is 9.70. The fourth-order valence-electron chi connectivity index (χ4n) is 7.08. The van der Waals surface area contributed by atoms with E-state index in [0.29, 0.717) is 16.7 Å². The highest BCUT2D eigenvalue weighted by Gasteiger charge is 2.59. The van der Waals surface area contributed by atoms with E-state index in [0.717, 1.165) is 24.2 Å². The second-order valence-corrected chi connectivity index (χ2v) is 9.07. The van der Waals surface area contributed by atoms with Crippen LogP contribution >= 0.6 is 0 Å². The van der Waals surface area contributed by atoms with Gasteiger partial charge in [-0.3, -0.25) is 0 Å². The molecule has 4 aliphatic rings. The third-order valence-electron chi connectivity index (χ3n) is 8.32. The van der Waals surface area contributed by atoms with Crippen LogP contribution in [0.1, 0.15) is 78.1 Å². The van der Waals surface area contributed by atoms with E-state index < -0.39 is 0 Å². The molecule has 4 aliphatic carbocycles. The third-order valence-corrected chi connectivity index (χ3v) is 8.32. The zero-order chi connectivity index (χ0) is 14.7. The molecule has 1 N–H and O–H groups in total. The number of nitrogens with zero attached hydrogens (tertiary/aromatic N) is 1.